The number of carboxylic acids is 1. The Hall–Kier alpha value is -1.78. The van der Waals surface area contributed by atoms with Crippen molar-refractivity contribution in [1.29, 1.82) is 0 Å². The Morgan fingerprint density at radius 2 is 2.06 bits per heavy atom. The molecule has 0 unspecified atom stereocenters. The third-order valence-corrected chi connectivity index (χ3v) is 2.95. The number of aromatic amines is 1. The van der Waals surface area contributed by atoms with E-state index < -0.39 is 5.97 Å². The molecule has 2 heterocycles. The maximum atomic E-state index is 11.2. The van der Waals surface area contributed by atoms with Crippen LogP contribution in [0.2, 0.25) is 0 Å². The highest BCUT2D eigenvalue weighted by Gasteiger charge is 2.19. The van der Waals surface area contributed by atoms with E-state index in [0.717, 1.165) is 17.7 Å². The van der Waals surface area contributed by atoms with Gasteiger partial charge in [0.2, 0.25) is 5.91 Å². The van der Waals surface area contributed by atoms with E-state index in [2.05, 4.69) is 4.98 Å². The summed E-state index contributed by atoms with van der Waals surface area (Å²) in [6.07, 6.45) is 1.42. The quantitative estimate of drug-likeness (QED) is 0.733. The van der Waals surface area contributed by atoms with Crippen LogP contribution in [0.1, 0.15) is 28.7 Å². The Balaban J connectivity index is 2.18. The summed E-state index contributed by atoms with van der Waals surface area (Å²) < 4.78 is 0. The molecule has 5 nitrogen and oxygen atoms in total. The smallest absolute Gasteiger partial charge is 0.352 e. The van der Waals surface area contributed by atoms with Crippen molar-refractivity contribution < 1.29 is 14.7 Å². The van der Waals surface area contributed by atoms with Crippen LogP contribution < -0.4 is 0 Å². The third kappa shape index (κ3) is 1.93. The molecule has 0 saturated carbocycles. The van der Waals surface area contributed by atoms with Gasteiger partial charge in [0, 0.05) is 32.1 Å². The summed E-state index contributed by atoms with van der Waals surface area (Å²) in [7, 11) is 0. The summed E-state index contributed by atoms with van der Waals surface area (Å²) in [6.45, 7) is 2.88. The molecule has 0 radical (unpaired) electrons. The number of nitrogens with zero attached hydrogens (tertiary/aromatic N) is 1. The van der Waals surface area contributed by atoms with E-state index in [9.17, 15) is 9.59 Å². The van der Waals surface area contributed by atoms with E-state index in [1.807, 2.05) is 0 Å². The lowest BCUT2D eigenvalue weighted by Crippen LogP contribution is -2.31. The summed E-state index contributed by atoms with van der Waals surface area (Å²) in [4.78, 5) is 26.7. The second kappa shape index (κ2) is 4.00. The molecule has 0 spiro atoms. The fourth-order valence-corrected chi connectivity index (χ4v) is 2.03. The first-order chi connectivity index (χ1) is 7.58. The minimum absolute atomic E-state index is 0.0728. The van der Waals surface area contributed by atoms with Gasteiger partial charge in [0.25, 0.3) is 0 Å². The predicted octanol–water partition coefficient (Wildman–Crippen LogP) is 0.660. The molecule has 5 heteroatoms. The molecule has 2 N–H and O–H groups in total. The first kappa shape index (κ1) is 10.7. The molecule has 1 aromatic heterocycles. The van der Waals surface area contributed by atoms with Gasteiger partial charge < -0.3 is 15.0 Å². The largest absolute Gasteiger partial charge is 0.477 e. The SMILES string of the molecule is CC(=O)N1CCc2cc(C(=O)O)[nH]c2CC1. The van der Waals surface area contributed by atoms with E-state index >= 15 is 0 Å². The lowest BCUT2D eigenvalue weighted by Gasteiger charge is -2.17. The highest BCUT2D eigenvalue weighted by molar-refractivity contribution is 5.86. The molecule has 0 saturated heterocycles. The lowest BCUT2D eigenvalue weighted by atomic mass is 10.1. The van der Waals surface area contributed by atoms with Gasteiger partial charge >= 0.3 is 5.97 Å². The maximum Gasteiger partial charge on any atom is 0.352 e. The standard InChI is InChI=1S/C11H14N2O3/c1-7(14)13-4-2-8-6-10(11(15)16)12-9(8)3-5-13/h6,12H,2-5H2,1H3,(H,15,16). The van der Waals surface area contributed by atoms with Crippen molar-refractivity contribution in [3.05, 3.63) is 23.0 Å². The van der Waals surface area contributed by atoms with Crippen LogP contribution in [0.3, 0.4) is 0 Å². The minimum Gasteiger partial charge on any atom is -0.477 e. The van der Waals surface area contributed by atoms with E-state index in [-0.39, 0.29) is 11.6 Å². The number of carbonyl (C=O) groups is 2. The molecule has 0 aromatic carbocycles. The number of aromatic carboxylic acids is 1. The second-order valence-electron chi connectivity index (χ2n) is 4.00. The number of nitrogens with one attached hydrogen (secondary N) is 1. The van der Waals surface area contributed by atoms with Gasteiger partial charge in [-0.15, -0.1) is 0 Å². The zero-order valence-corrected chi connectivity index (χ0v) is 9.12. The van der Waals surface area contributed by atoms with Gasteiger partial charge in [0.15, 0.2) is 0 Å². The zero-order valence-electron chi connectivity index (χ0n) is 9.12. The van der Waals surface area contributed by atoms with Crippen LogP contribution in [0.4, 0.5) is 0 Å². The molecule has 0 fully saturated rings. The summed E-state index contributed by atoms with van der Waals surface area (Å²) in [5.41, 5.74) is 2.20. The van der Waals surface area contributed by atoms with Crippen molar-refractivity contribution >= 4 is 11.9 Å². The predicted molar refractivity (Wildman–Crippen MR) is 57.4 cm³/mol. The Bertz CT molecular complexity index is 411. The van der Waals surface area contributed by atoms with Crippen LogP contribution in [0.5, 0.6) is 0 Å². The molecular formula is C11H14N2O3. The van der Waals surface area contributed by atoms with Gasteiger partial charge in [-0.1, -0.05) is 0 Å². The molecule has 1 aliphatic rings. The van der Waals surface area contributed by atoms with Crippen molar-refractivity contribution in [2.75, 3.05) is 13.1 Å². The molecule has 1 aliphatic heterocycles. The van der Waals surface area contributed by atoms with Crippen LogP contribution in [0.25, 0.3) is 0 Å². The average Bonchev–Trinajstić information content (AvgIpc) is 2.52. The fourth-order valence-electron chi connectivity index (χ4n) is 2.03. The molecule has 0 atom stereocenters. The summed E-state index contributed by atoms with van der Waals surface area (Å²) in [5, 5.41) is 8.85. The van der Waals surface area contributed by atoms with Crippen LogP contribution in [0, 0.1) is 0 Å². The molecule has 1 amide bonds. The summed E-state index contributed by atoms with van der Waals surface area (Å²) >= 11 is 0. The molecule has 16 heavy (non-hydrogen) atoms. The van der Waals surface area contributed by atoms with Gasteiger partial charge in [-0.25, -0.2) is 4.79 Å². The highest BCUT2D eigenvalue weighted by Crippen LogP contribution is 2.17. The number of amides is 1. The topological polar surface area (TPSA) is 73.4 Å². The first-order valence-corrected chi connectivity index (χ1v) is 5.27. The van der Waals surface area contributed by atoms with E-state index in [1.54, 1.807) is 17.9 Å². The normalized spacial score (nSPS) is 15.4. The van der Waals surface area contributed by atoms with Crippen molar-refractivity contribution in [2.24, 2.45) is 0 Å². The number of rotatable bonds is 1. The van der Waals surface area contributed by atoms with E-state index in [0.29, 0.717) is 19.5 Å². The number of fused-ring (bicyclic) bond motifs is 1. The molecule has 1 aromatic rings. The van der Waals surface area contributed by atoms with Crippen LogP contribution in [0.15, 0.2) is 6.07 Å². The number of aromatic nitrogens is 1. The highest BCUT2D eigenvalue weighted by atomic mass is 16.4. The first-order valence-electron chi connectivity index (χ1n) is 5.27. The number of carboxylic acid groups (broad SMARTS) is 1. The fraction of sp³-hybridized carbons (Fsp3) is 0.455. The Morgan fingerprint density at radius 1 is 1.38 bits per heavy atom. The maximum absolute atomic E-state index is 11.2. The van der Waals surface area contributed by atoms with Crippen LogP contribution in [-0.4, -0.2) is 40.0 Å². The van der Waals surface area contributed by atoms with Crippen molar-refractivity contribution in [1.82, 2.24) is 9.88 Å². The van der Waals surface area contributed by atoms with Crippen molar-refractivity contribution in [2.45, 2.75) is 19.8 Å². The molecule has 2 rings (SSSR count). The van der Waals surface area contributed by atoms with Gasteiger partial charge in [-0.05, 0) is 18.1 Å². The van der Waals surface area contributed by atoms with E-state index in [4.69, 9.17) is 5.11 Å². The van der Waals surface area contributed by atoms with Gasteiger partial charge in [-0.3, -0.25) is 4.79 Å². The van der Waals surface area contributed by atoms with E-state index in [1.165, 1.54) is 0 Å². The summed E-state index contributed by atoms with van der Waals surface area (Å²) in [6, 6.07) is 1.67. The Labute approximate surface area is 93.1 Å². The number of carbonyl (C=O) groups excluding carboxylic acids is 1. The molecular weight excluding hydrogens is 208 g/mol. The Morgan fingerprint density at radius 3 is 2.69 bits per heavy atom. The average molecular weight is 222 g/mol. The summed E-state index contributed by atoms with van der Waals surface area (Å²) in [5.74, 6) is -0.861. The van der Waals surface area contributed by atoms with Crippen molar-refractivity contribution in [3.8, 4) is 0 Å². The molecule has 86 valence electrons. The lowest BCUT2D eigenvalue weighted by molar-refractivity contribution is -0.128. The van der Waals surface area contributed by atoms with Gasteiger partial charge in [0.1, 0.15) is 5.69 Å². The zero-order chi connectivity index (χ0) is 11.7. The Kier molecular flexibility index (Phi) is 2.68. The number of hydrogen-bond donors (Lipinski definition) is 2. The third-order valence-electron chi connectivity index (χ3n) is 2.95. The van der Waals surface area contributed by atoms with Crippen molar-refractivity contribution in [3.63, 3.8) is 0 Å². The van der Waals surface area contributed by atoms with Crippen LogP contribution >= 0.6 is 0 Å². The number of hydrogen-bond acceptors (Lipinski definition) is 2. The van der Waals surface area contributed by atoms with Crippen LogP contribution in [-0.2, 0) is 17.6 Å². The molecule has 0 aliphatic carbocycles. The monoisotopic (exact) mass is 222 g/mol. The second-order valence-corrected chi connectivity index (χ2v) is 4.00. The van der Waals surface area contributed by atoms with Gasteiger partial charge in [0.05, 0.1) is 0 Å². The minimum atomic E-state index is -0.934. The molecule has 0 bridgehead atoms. The van der Waals surface area contributed by atoms with Gasteiger partial charge in [-0.2, -0.15) is 0 Å². The number of H-pyrrole nitrogens is 1.